The third-order valence-corrected chi connectivity index (χ3v) is 5.40. The Labute approximate surface area is 180 Å². The molecule has 0 fully saturated rings. The minimum atomic E-state index is -4.12. The van der Waals surface area contributed by atoms with Crippen LogP contribution in [0.25, 0.3) is 0 Å². The van der Waals surface area contributed by atoms with Crippen molar-refractivity contribution in [3.8, 4) is 0 Å². The lowest BCUT2D eigenvalue weighted by Crippen LogP contribution is -2.31. The summed E-state index contributed by atoms with van der Waals surface area (Å²) in [6.45, 7) is 2.41. The highest BCUT2D eigenvalue weighted by Gasteiger charge is 2.20. The second-order valence-electron chi connectivity index (χ2n) is 6.50. The van der Waals surface area contributed by atoms with Crippen molar-refractivity contribution >= 4 is 27.7 Å². The number of rotatable bonds is 10. The molecule has 0 aliphatic rings. The fraction of sp³-hybridized carbons (Fsp3) is 0.300. The molecule has 0 bridgehead atoms. The smallest absolute Gasteiger partial charge is 0.269 e. The van der Waals surface area contributed by atoms with E-state index in [0.717, 1.165) is 6.20 Å². The van der Waals surface area contributed by atoms with E-state index in [2.05, 4.69) is 15.6 Å². The topological polar surface area (TPSA) is 144 Å². The highest BCUT2D eigenvalue weighted by atomic mass is 32.2. The van der Waals surface area contributed by atoms with Gasteiger partial charge in [-0.1, -0.05) is 12.1 Å². The first-order valence-corrected chi connectivity index (χ1v) is 10.8. The first-order valence-electron chi connectivity index (χ1n) is 9.36. The Kier molecular flexibility index (Phi) is 8.64. The highest BCUT2D eigenvalue weighted by Crippen LogP contribution is 2.13. The van der Waals surface area contributed by atoms with E-state index in [0.29, 0.717) is 31.7 Å². The van der Waals surface area contributed by atoms with Gasteiger partial charge in [-0.25, -0.2) is 13.1 Å². The Morgan fingerprint density at radius 2 is 1.81 bits per heavy atom. The van der Waals surface area contributed by atoms with Crippen molar-refractivity contribution in [2.45, 2.75) is 18.2 Å². The number of ether oxygens (including phenoxy) is 1. The fourth-order valence-corrected chi connectivity index (χ4v) is 3.55. The molecule has 0 aliphatic heterocycles. The normalized spacial score (nSPS) is 10.9. The molecule has 1 aromatic heterocycles. The van der Waals surface area contributed by atoms with Gasteiger partial charge in [-0.2, -0.15) is 0 Å². The van der Waals surface area contributed by atoms with Crippen molar-refractivity contribution in [2.75, 3.05) is 26.8 Å². The zero-order valence-corrected chi connectivity index (χ0v) is 18.0. The Bertz CT molecular complexity index is 1040. The Morgan fingerprint density at radius 1 is 1.03 bits per heavy atom. The van der Waals surface area contributed by atoms with Crippen LogP contribution >= 0.6 is 0 Å². The summed E-state index contributed by atoms with van der Waals surface area (Å²) in [6.07, 6.45) is 1.56. The largest absolute Gasteiger partial charge is 0.383 e. The molecule has 1 aromatic carbocycles. The number of benzene rings is 1. The van der Waals surface area contributed by atoms with Gasteiger partial charge in [-0.3, -0.25) is 19.4 Å². The number of nitrogens with zero attached hydrogens (tertiary/aromatic N) is 1. The molecular weight excluding hydrogens is 424 g/mol. The van der Waals surface area contributed by atoms with E-state index in [-0.39, 0.29) is 22.1 Å². The van der Waals surface area contributed by atoms with Crippen LogP contribution in [0.5, 0.6) is 0 Å². The van der Waals surface area contributed by atoms with Gasteiger partial charge in [0.25, 0.3) is 21.8 Å². The summed E-state index contributed by atoms with van der Waals surface area (Å²) in [5.74, 6) is -1.49. The number of sulfonamides is 1. The van der Waals surface area contributed by atoms with E-state index in [1.165, 1.54) is 38.3 Å². The first-order chi connectivity index (χ1) is 14.7. The van der Waals surface area contributed by atoms with Gasteiger partial charge in [0.15, 0.2) is 0 Å². The van der Waals surface area contributed by atoms with Crippen LogP contribution in [0.3, 0.4) is 0 Å². The van der Waals surface area contributed by atoms with Crippen molar-refractivity contribution in [1.82, 2.24) is 20.3 Å². The van der Waals surface area contributed by atoms with Crippen LogP contribution in [-0.2, 0) is 26.0 Å². The molecule has 3 N–H and O–H groups in total. The third-order valence-electron chi connectivity index (χ3n) is 4.07. The first kappa shape index (κ1) is 24.0. The molecule has 0 saturated heterocycles. The van der Waals surface area contributed by atoms with Crippen LogP contribution in [0.1, 0.15) is 33.3 Å². The molecule has 31 heavy (non-hydrogen) atoms. The average molecular weight is 449 g/mol. The van der Waals surface area contributed by atoms with Gasteiger partial charge in [-0.15, -0.1) is 0 Å². The number of nitrogens with one attached hydrogen (secondary N) is 3. The second kappa shape index (κ2) is 11.2. The fourth-order valence-electron chi connectivity index (χ4n) is 2.51. The molecule has 0 saturated carbocycles. The van der Waals surface area contributed by atoms with Crippen molar-refractivity contribution in [3.63, 3.8) is 0 Å². The maximum atomic E-state index is 12.6. The van der Waals surface area contributed by atoms with Crippen LogP contribution in [0.4, 0.5) is 0 Å². The minimum Gasteiger partial charge on any atom is -0.383 e. The van der Waals surface area contributed by atoms with Gasteiger partial charge >= 0.3 is 0 Å². The van der Waals surface area contributed by atoms with Gasteiger partial charge in [0.1, 0.15) is 5.69 Å². The molecule has 2 aromatic rings. The molecule has 0 radical (unpaired) electrons. The lowest BCUT2D eigenvalue weighted by molar-refractivity contribution is -0.118. The van der Waals surface area contributed by atoms with Crippen LogP contribution in [0.15, 0.2) is 47.5 Å². The monoisotopic (exact) mass is 448 g/mol. The maximum absolute atomic E-state index is 12.6. The summed E-state index contributed by atoms with van der Waals surface area (Å²) in [6, 6.07) is 8.72. The summed E-state index contributed by atoms with van der Waals surface area (Å²) >= 11 is 0. The molecule has 0 aliphatic carbocycles. The van der Waals surface area contributed by atoms with E-state index in [1.807, 2.05) is 4.72 Å². The summed E-state index contributed by atoms with van der Waals surface area (Å²) in [4.78, 5) is 39.0. The molecule has 3 amide bonds. The SMILES string of the molecule is COCCNC(=O)c1ccc(C(=O)NS(=O)(=O)c2cccc(CCNC(C)=O)c2)cn1. The van der Waals surface area contributed by atoms with Crippen molar-refractivity contribution in [1.29, 1.82) is 0 Å². The molecule has 10 nitrogen and oxygen atoms in total. The van der Waals surface area contributed by atoms with Crippen molar-refractivity contribution < 1.29 is 27.5 Å². The van der Waals surface area contributed by atoms with Crippen LogP contribution in [0, 0.1) is 0 Å². The second-order valence-corrected chi connectivity index (χ2v) is 8.18. The number of carbonyl (C=O) groups is 3. The van der Waals surface area contributed by atoms with Crippen LogP contribution in [-0.4, -0.2) is 57.9 Å². The maximum Gasteiger partial charge on any atom is 0.269 e. The molecular formula is C20H24N4O6S. The summed E-state index contributed by atoms with van der Waals surface area (Å²) in [7, 11) is -2.61. The van der Waals surface area contributed by atoms with E-state index < -0.39 is 21.8 Å². The number of hydrogen-bond donors (Lipinski definition) is 3. The predicted molar refractivity (Wildman–Crippen MR) is 112 cm³/mol. The molecule has 0 spiro atoms. The summed E-state index contributed by atoms with van der Waals surface area (Å²) < 4.78 is 32.0. The molecule has 0 unspecified atom stereocenters. The van der Waals surface area contributed by atoms with Gasteiger partial charge in [0.05, 0.1) is 17.1 Å². The number of pyridine rings is 1. The van der Waals surface area contributed by atoms with E-state index in [4.69, 9.17) is 4.74 Å². The quantitative estimate of drug-likeness (QED) is 0.442. The lowest BCUT2D eigenvalue weighted by Gasteiger charge is -2.09. The molecule has 2 rings (SSSR count). The molecule has 11 heteroatoms. The van der Waals surface area contributed by atoms with Gasteiger partial charge in [0.2, 0.25) is 5.91 Å². The minimum absolute atomic E-state index is 0.0150. The Morgan fingerprint density at radius 3 is 2.45 bits per heavy atom. The number of aromatic nitrogens is 1. The van der Waals surface area contributed by atoms with Crippen LogP contribution in [0.2, 0.25) is 0 Å². The van der Waals surface area contributed by atoms with Crippen molar-refractivity contribution in [3.05, 3.63) is 59.4 Å². The molecule has 0 atom stereocenters. The van der Waals surface area contributed by atoms with Crippen LogP contribution < -0.4 is 15.4 Å². The zero-order chi connectivity index (χ0) is 22.9. The van der Waals surface area contributed by atoms with Gasteiger partial charge in [0, 0.05) is 33.3 Å². The van der Waals surface area contributed by atoms with E-state index >= 15 is 0 Å². The van der Waals surface area contributed by atoms with E-state index in [9.17, 15) is 22.8 Å². The molecule has 1 heterocycles. The number of methoxy groups -OCH3 is 1. The highest BCUT2D eigenvalue weighted by molar-refractivity contribution is 7.90. The third kappa shape index (κ3) is 7.46. The van der Waals surface area contributed by atoms with E-state index in [1.54, 1.807) is 12.1 Å². The molecule has 166 valence electrons. The van der Waals surface area contributed by atoms with Gasteiger partial charge in [-0.05, 0) is 36.2 Å². The number of carbonyl (C=O) groups excluding carboxylic acids is 3. The standard InChI is InChI=1S/C20H24N4O6S/c1-14(25)21-9-8-15-4-3-5-17(12-15)31(28,29)24-19(26)16-6-7-18(23-13-16)20(27)22-10-11-30-2/h3-7,12-13H,8-11H2,1-2H3,(H,21,25)(H,22,27)(H,24,26). The summed E-state index contributed by atoms with van der Waals surface area (Å²) in [5, 5.41) is 5.22. The Hall–Kier alpha value is -3.31. The predicted octanol–water partition coefficient (Wildman–Crippen LogP) is 0.255. The van der Waals surface area contributed by atoms with Crippen molar-refractivity contribution in [2.24, 2.45) is 0 Å². The average Bonchev–Trinajstić information content (AvgIpc) is 2.73. The lowest BCUT2D eigenvalue weighted by atomic mass is 10.1. The summed E-state index contributed by atoms with van der Waals surface area (Å²) in [5.41, 5.74) is 0.760. The number of hydrogen-bond acceptors (Lipinski definition) is 7. The number of amides is 3. The van der Waals surface area contributed by atoms with Gasteiger partial charge < -0.3 is 15.4 Å². The zero-order valence-electron chi connectivity index (χ0n) is 17.2. The Balaban J connectivity index is 2.03.